The molecular weight excluding hydrogens is 300 g/mol. The molecule has 0 saturated heterocycles. The SMILES string of the molecule is COc1ccccc1Nc1ccnc(NCCc2ccccc2)n1. The minimum Gasteiger partial charge on any atom is -0.495 e. The van der Waals surface area contributed by atoms with Crippen LogP contribution in [0, 0.1) is 0 Å². The second-order valence-corrected chi connectivity index (χ2v) is 5.25. The second-order valence-electron chi connectivity index (χ2n) is 5.25. The summed E-state index contributed by atoms with van der Waals surface area (Å²) in [6.07, 6.45) is 2.66. The molecule has 0 spiro atoms. The first-order valence-electron chi connectivity index (χ1n) is 7.86. The van der Waals surface area contributed by atoms with Crippen molar-refractivity contribution in [2.24, 2.45) is 0 Å². The molecule has 2 aromatic carbocycles. The lowest BCUT2D eigenvalue weighted by molar-refractivity contribution is 0.417. The summed E-state index contributed by atoms with van der Waals surface area (Å²) in [5.41, 5.74) is 2.15. The third-order valence-electron chi connectivity index (χ3n) is 3.56. The van der Waals surface area contributed by atoms with Crippen LogP contribution in [-0.4, -0.2) is 23.6 Å². The van der Waals surface area contributed by atoms with E-state index in [9.17, 15) is 0 Å². The molecule has 1 heterocycles. The fourth-order valence-electron chi connectivity index (χ4n) is 2.36. The molecule has 5 heteroatoms. The molecule has 0 saturated carbocycles. The van der Waals surface area contributed by atoms with Crippen molar-refractivity contribution in [3.8, 4) is 5.75 Å². The minimum absolute atomic E-state index is 0.603. The molecule has 0 fully saturated rings. The number of nitrogens with one attached hydrogen (secondary N) is 2. The third-order valence-corrected chi connectivity index (χ3v) is 3.56. The van der Waals surface area contributed by atoms with Crippen LogP contribution in [0.4, 0.5) is 17.5 Å². The molecular formula is C19H20N4O. The molecule has 3 aromatic rings. The van der Waals surface area contributed by atoms with E-state index in [0.29, 0.717) is 5.95 Å². The van der Waals surface area contributed by atoms with Crippen molar-refractivity contribution >= 4 is 17.5 Å². The number of ether oxygens (including phenoxy) is 1. The Hall–Kier alpha value is -3.08. The summed E-state index contributed by atoms with van der Waals surface area (Å²) < 4.78 is 5.34. The molecule has 0 amide bonds. The fourth-order valence-corrected chi connectivity index (χ4v) is 2.36. The Bertz CT molecular complexity index is 777. The summed E-state index contributed by atoms with van der Waals surface area (Å²) in [5.74, 6) is 2.09. The summed E-state index contributed by atoms with van der Waals surface area (Å²) >= 11 is 0. The van der Waals surface area contributed by atoms with E-state index in [1.165, 1.54) is 5.56 Å². The molecule has 1 aromatic heterocycles. The lowest BCUT2D eigenvalue weighted by Crippen LogP contribution is -2.08. The maximum Gasteiger partial charge on any atom is 0.224 e. The van der Waals surface area contributed by atoms with E-state index in [-0.39, 0.29) is 0 Å². The zero-order valence-electron chi connectivity index (χ0n) is 13.6. The standard InChI is InChI=1S/C19H20N4O/c1-24-17-10-6-5-9-16(17)22-18-12-14-21-19(23-18)20-13-11-15-7-3-2-4-8-15/h2-10,12,14H,11,13H2,1H3,(H2,20,21,22,23). The van der Waals surface area contributed by atoms with E-state index in [1.54, 1.807) is 13.3 Å². The van der Waals surface area contributed by atoms with Crippen molar-refractivity contribution in [2.75, 3.05) is 24.3 Å². The highest BCUT2D eigenvalue weighted by molar-refractivity contribution is 5.64. The van der Waals surface area contributed by atoms with Crippen LogP contribution in [0.5, 0.6) is 5.75 Å². The molecule has 0 bridgehead atoms. The van der Waals surface area contributed by atoms with E-state index in [0.717, 1.165) is 30.2 Å². The van der Waals surface area contributed by atoms with Gasteiger partial charge in [0.25, 0.3) is 0 Å². The summed E-state index contributed by atoms with van der Waals surface area (Å²) in [7, 11) is 1.65. The van der Waals surface area contributed by atoms with Crippen molar-refractivity contribution in [2.45, 2.75) is 6.42 Å². The van der Waals surface area contributed by atoms with Crippen LogP contribution in [-0.2, 0) is 6.42 Å². The predicted octanol–water partition coefficient (Wildman–Crippen LogP) is 3.88. The lowest BCUT2D eigenvalue weighted by atomic mass is 10.1. The van der Waals surface area contributed by atoms with Gasteiger partial charge in [0.1, 0.15) is 11.6 Å². The van der Waals surface area contributed by atoms with Gasteiger partial charge in [0.15, 0.2) is 0 Å². The molecule has 0 radical (unpaired) electrons. The average Bonchev–Trinajstić information content (AvgIpc) is 2.63. The number of nitrogens with zero attached hydrogens (tertiary/aromatic N) is 2. The second kappa shape index (κ2) is 7.97. The van der Waals surface area contributed by atoms with Gasteiger partial charge in [-0.2, -0.15) is 4.98 Å². The van der Waals surface area contributed by atoms with Crippen LogP contribution < -0.4 is 15.4 Å². The number of benzene rings is 2. The van der Waals surface area contributed by atoms with Crippen LogP contribution in [0.1, 0.15) is 5.56 Å². The summed E-state index contributed by atoms with van der Waals surface area (Å²) in [6.45, 7) is 0.780. The maximum atomic E-state index is 5.34. The number of para-hydroxylation sites is 2. The van der Waals surface area contributed by atoms with Gasteiger partial charge in [-0.3, -0.25) is 0 Å². The van der Waals surface area contributed by atoms with Crippen molar-refractivity contribution < 1.29 is 4.74 Å². The first kappa shape index (κ1) is 15.8. The smallest absolute Gasteiger partial charge is 0.224 e. The number of anilines is 3. The van der Waals surface area contributed by atoms with Crippen LogP contribution >= 0.6 is 0 Å². The van der Waals surface area contributed by atoms with Gasteiger partial charge in [0.05, 0.1) is 12.8 Å². The Kier molecular flexibility index (Phi) is 5.24. The highest BCUT2D eigenvalue weighted by Crippen LogP contribution is 2.26. The van der Waals surface area contributed by atoms with E-state index in [1.807, 2.05) is 48.5 Å². The summed E-state index contributed by atoms with van der Waals surface area (Å²) in [6, 6.07) is 19.9. The largest absolute Gasteiger partial charge is 0.495 e. The Morgan fingerprint density at radius 1 is 0.958 bits per heavy atom. The first-order chi connectivity index (χ1) is 11.8. The topological polar surface area (TPSA) is 59.1 Å². The quantitative estimate of drug-likeness (QED) is 0.692. The number of hydrogen-bond acceptors (Lipinski definition) is 5. The molecule has 122 valence electrons. The van der Waals surface area contributed by atoms with Gasteiger partial charge in [0, 0.05) is 12.7 Å². The molecule has 3 rings (SSSR count). The van der Waals surface area contributed by atoms with E-state index in [4.69, 9.17) is 4.74 Å². The van der Waals surface area contributed by atoms with Crippen molar-refractivity contribution in [3.05, 3.63) is 72.4 Å². The molecule has 2 N–H and O–H groups in total. The fraction of sp³-hybridized carbons (Fsp3) is 0.158. The Morgan fingerprint density at radius 2 is 1.75 bits per heavy atom. The number of rotatable bonds is 7. The Morgan fingerprint density at radius 3 is 2.58 bits per heavy atom. The van der Waals surface area contributed by atoms with Crippen molar-refractivity contribution in [1.29, 1.82) is 0 Å². The van der Waals surface area contributed by atoms with Crippen LogP contribution in [0.25, 0.3) is 0 Å². The van der Waals surface area contributed by atoms with E-state index < -0.39 is 0 Å². The monoisotopic (exact) mass is 320 g/mol. The summed E-state index contributed by atoms with van der Waals surface area (Å²) in [5, 5.41) is 6.51. The van der Waals surface area contributed by atoms with Gasteiger partial charge in [-0.15, -0.1) is 0 Å². The average molecular weight is 320 g/mol. The molecule has 0 aliphatic carbocycles. The van der Waals surface area contributed by atoms with Crippen molar-refractivity contribution in [1.82, 2.24) is 9.97 Å². The van der Waals surface area contributed by atoms with Crippen LogP contribution in [0.2, 0.25) is 0 Å². The van der Waals surface area contributed by atoms with Crippen LogP contribution in [0.15, 0.2) is 66.9 Å². The molecule has 0 unspecified atom stereocenters. The zero-order chi connectivity index (χ0) is 16.6. The van der Waals surface area contributed by atoms with Crippen LogP contribution in [0.3, 0.4) is 0 Å². The van der Waals surface area contributed by atoms with Gasteiger partial charge in [-0.05, 0) is 30.2 Å². The highest BCUT2D eigenvalue weighted by atomic mass is 16.5. The van der Waals surface area contributed by atoms with E-state index >= 15 is 0 Å². The summed E-state index contributed by atoms with van der Waals surface area (Å²) in [4.78, 5) is 8.75. The lowest BCUT2D eigenvalue weighted by Gasteiger charge is -2.11. The van der Waals surface area contributed by atoms with E-state index in [2.05, 4.69) is 32.7 Å². The highest BCUT2D eigenvalue weighted by Gasteiger charge is 2.04. The molecule has 0 aliphatic heterocycles. The van der Waals surface area contributed by atoms with Gasteiger partial charge in [0.2, 0.25) is 5.95 Å². The number of aromatic nitrogens is 2. The van der Waals surface area contributed by atoms with Gasteiger partial charge in [-0.1, -0.05) is 42.5 Å². The Balaban J connectivity index is 1.61. The Labute approximate surface area is 141 Å². The number of hydrogen-bond donors (Lipinski definition) is 2. The first-order valence-corrected chi connectivity index (χ1v) is 7.86. The van der Waals surface area contributed by atoms with Gasteiger partial charge in [-0.25, -0.2) is 4.98 Å². The zero-order valence-corrected chi connectivity index (χ0v) is 13.6. The molecule has 0 atom stereocenters. The number of methoxy groups -OCH3 is 1. The molecule has 5 nitrogen and oxygen atoms in total. The predicted molar refractivity (Wildman–Crippen MR) is 96.9 cm³/mol. The molecule has 0 aliphatic rings. The normalized spacial score (nSPS) is 10.2. The van der Waals surface area contributed by atoms with Gasteiger partial charge < -0.3 is 15.4 Å². The van der Waals surface area contributed by atoms with Gasteiger partial charge >= 0.3 is 0 Å². The minimum atomic E-state index is 0.603. The third kappa shape index (κ3) is 4.23. The van der Waals surface area contributed by atoms with Crippen molar-refractivity contribution in [3.63, 3.8) is 0 Å². The molecule has 24 heavy (non-hydrogen) atoms. The maximum absolute atomic E-state index is 5.34.